The second-order valence-electron chi connectivity index (χ2n) is 6.01. The summed E-state index contributed by atoms with van der Waals surface area (Å²) in [6, 6.07) is 7.52. The lowest BCUT2D eigenvalue weighted by Crippen LogP contribution is -2.57. The smallest absolute Gasteiger partial charge is 0.247 e. The molecule has 1 amide bonds. The zero-order chi connectivity index (χ0) is 17.7. The molecule has 0 spiro atoms. The zero-order valence-corrected chi connectivity index (χ0v) is 17.1. The highest BCUT2D eigenvalue weighted by Gasteiger charge is 2.51. The Morgan fingerprint density at radius 3 is 2.38 bits per heavy atom. The van der Waals surface area contributed by atoms with Crippen LogP contribution in [0.15, 0.2) is 29.2 Å². The summed E-state index contributed by atoms with van der Waals surface area (Å²) in [4.78, 5) is 13.4. The summed E-state index contributed by atoms with van der Waals surface area (Å²) in [7, 11) is 0.334. The van der Waals surface area contributed by atoms with Crippen LogP contribution in [0.3, 0.4) is 0 Å². The summed E-state index contributed by atoms with van der Waals surface area (Å²) in [5, 5.41) is 2.81. The second kappa shape index (κ2) is 8.74. The number of amides is 1. The lowest BCUT2D eigenvalue weighted by molar-refractivity contribution is -0.121. The van der Waals surface area contributed by atoms with Crippen molar-refractivity contribution in [3.05, 3.63) is 29.8 Å². The number of hydrogen-bond acceptors (Lipinski definition) is 4. The molecule has 0 aromatic heterocycles. The van der Waals surface area contributed by atoms with Gasteiger partial charge in [0.25, 0.3) is 0 Å². The average molecular weight is 387 g/mol. The first-order valence-corrected chi connectivity index (χ1v) is 11.3. The number of aryl methyl sites for hydroxylation is 1. The Balaban J connectivity index is 2.29. The third-order valence-corrected chi connectivity index (χ3v) is 9.04. The van der Waals surface area contributed by atoms with Gasteiger partial charge >= 0.3 is 0 Å². The van der Waals surface area contributed by atoms with Gasteiger partial charge in [-0.15, -0.1) is 23.5 Å². The van der Waals surface area contributed by atoms with Crippen molar-refractivity contribution in [2.45, 2.75) is 42.2 Å². The molecule has 2 rings (SSSR count). The minimum absolute atomic E-state index is 0.00806. The number of benzene rings is 1. The van der Waals surface area contributed by atoms with Gasteiger partial charge in [0.15, 0.2) is 4.08 Å². The van der Waals surface area contributed by atoms with Gasteiger partial charge in [-0.2, -0.15) is 0 Å². The van der Waals surface area contributed by atoms with Crippen LogP contribution in [0.4, 0.5) is 0 Å². The number of nitrogens with one attached hydrogen (secondary N) is 2. The van der Waals surface area contributed by atoms with Crippen LogP contribution in [-0.4, -0.2) is 38.8 Å². The fourth-order valence-electron chi connectivity index (χ4n) is 2.70. The predicted molar refractivity (Wildman–Crippen MR) is 106 cm³/mol. The SMILES string of the molecule is CCC(C)[C@H](NS(=O)c1ccc(C)cc1)C1(C(=O)NC)SCCS1. The van der Waals surface area contributed by atoms with Crippen LogP contribution in [0.2, 0.25) is 0 Å². The molecule has 2 unspecified atom stereocenters. The van der Waals surface area contributed by atoms with E-state index in [2.05, 4.69) is 23.9 Å². The fraction of sp³-hybridized carbons (Fsp3) is 0.588. The molecule has 1 heterocycles. The number of carbonyl (C=O) groups is 1. The Kier molecular flexibility index (Phi) is 7.22. The molecule has 0 aliphatic carbocycles. The van der Waals surface area contributed by atoms with Crippen molar-refractivity contribution < 1.29 is 9.00 Å². The minimum Gasteiger partial charge on any atom is -0.357 e. The summed E-state index contributed by atoms with van der Waals surface area (Å²) < 4.78 is 15.5. The van der Waals surface area contributed by atoms with Crippen LogP contribution in [0, 0.1) is 12.8 Å². The van der Waals surface area contributed by atoms with Crippen molar-refractivity contribution >= 4 is 40.4 Å². The maximum absolute atomic E-state index is 12.8. The molecular weight excluding hydrogens is 360 g/mol. The summed E-state index contributed by atoms with van der Waals surface area (Å²) in [5.41, 5.74) is 1.14. The Morgan fingerprint density at radius 1 is 1.29 bits per heavy atom. The van der Waals surface area contributed by atoms with E-state index < -0.39 is 15.1 Å². The minimum atomic E-state index is -1.34. The van der Waals surface area contributed by atoms with Crippen LogP contribution >= 0.6 is 23.5 Å². The Hall–Kier alpha value is -0.500. The van der Waals surface area contributed by atoms with E-state index in [-0.39, 0.29) is 17.9 Å². The van der Waals surface area contributed by atoms with Gasteiger partial charge < -0.3 is 5.32 Å². The predicted octanol–water partition coefficient (Wildman–Crippen LogP) is 2.94. The van der Waals surface area contributed by atoms with Crippen molar-refractivity contribution in [1.29, 1.82) is 0 Å². The largest absolute Gasteiger partial charge is 0.357 e. The van der Waals surface area contributed by atoms with E-state index in [0.29, 0.717) is 0 Å². The van der Waals surface area contributed by atoms with Gasteiger partial charge in [-0.25, -0.2) is 8.93 Å². The van der Waals surface area contributed by atoms with Gasteiger partial charge in [-0.3, -0.25) is 4.79 Å². The highest BCUT2D eigenvalue weighted by atomic mass is 32.2. The van der Waals surface area contributed by atoms with Crippen molar-refractivity contribution in [3.8, 4) is 0 Å². The van der Waals surface area contributed by atoms with E-state index in [1.165, 1.54) is 0 Å². The maximum Gasteiger partial charge on any atom is 0.247 e. The van der Waals surface area contributed by atoms with Crippen molar-refractivity contribution in [3.63, 3.8) is 0 Å². The second-order valence-corrected chi connectivity index (χ2v) is 10.2. The monoisotopic (exact) mass is 386 g/mol. The zero-order valence-electron chi connectivity index (χ0n) is 14.6. The first-order chi connectivity index (χ1) is 11.4. The van der Waals surface area contributed by atoms with Crippen molar-refractivity contribution in [1.82, 2.24) is 10.0 Å². The van der Waals surface area contributed by atoms with E-state index in [0.717, 1.165) is 28.4 Å². The molecule has 24 heavy (non-hydrogen) atoms. The molecule has 1 fully saturated rings. The normalized spacial score (nSPS) is 20.3. The summed E-state index contributed by atoms with van der Waals surface area (Å²) in [6.07, 6.45) is 0.919. The average Bonchev–Trinajstić information content (AvgIpc) is 3.09. The van der Waals surface area contributed by atoms with E-state index in [1.807, 2.05) is 31.2 Å². The molecule has 134 valence electrons. The molecule has 7 heteroatoms. The maximum atomic E-state index is 12.8. The summed E-state index contributed by atoms with van der Waals surface area (Å²) >= 11 is 3.34. The molecule has 1 aliphatic rings. The van der Waals surface area contributed by atoms with Crippen LogP contribution in [0.1, 0.15) is 25.8 Å². The number of thioether (sulfide) groups is 2. The van der Waals surface area contributed by atoms with E-state index in [9.17, 15) is 9.00 Å². The van der Waals surface area contributed by atoms with Crippen molar-refractivity contribution in [2.24, 2.45) is 5.92 Å². The summed E-state index contributed by atoms with van der Waals surface area (Å²) in [5.74, 6) is 2.11. The quantitative estimate of drug-likeness (QED) is 0.756. The molecular formula is C17H26N2O2S3. The Morgan fingerprint density at radius 2 is 1.88 bits per heavy atom. The van der Waals surface area contributed by atoms with Gasteiger partial charge in [0.05, 0.1) is 10.9 Å². The van der Waals surface area contributed by atoms with Crippen LogP contribution in [0.5, 0.6) is 0 Å². The van der Waals surface area contributed by atoms with Crippen LogP contribution in [-0.2, 0) is 15.8 Å². The van der Waals surface area contributed by atoms with E-state index in [4.69, 9.17) is 0 Å². The first kappa shape index (κ1) is 19.8. The van der Waals surface area contributed by atoms with E-state index >= 15 is 0 Å². The molecule has 1 aliphatic heterocycles. The topological polar surface area (TPSA) is 58.2 Å². The molecule has 1 aromatic carbocycles. The number of carbonyl (C=O) groups excluding carboxylic acids is 1. The highest BCUT2D eigenvalue weighted by Crippen LogP contribution is 2.49. The van der Waals surface area contributed by atoms with Gasteiger partial charge in [0.2, 0.25) is 5.91 Å². The number of rotatable bonds is 7. The highest BCUT2D eigenvalue weighted by molar-refractivity contribution is 8.22. The van der Waals surface area contributed by atoms with Crippen LogP contribution in [0.25, 0.3) is 0 Å². The fourth-order valence-corrected chi connectivity index (χ4v) is 7.53. The van der Waals surface area contributed by atoms with Gasteiger partial charge in [0.1, 0.15) is 11.0 Å². The molecule has 0 radical (unpaired) electrons. The van der Waals surface area contributed by atoms with Gasteiger partial charge in [0, 0.05) is 18.6 Å². The van der Waals surface area contributed by atoms with Gasteiger partial charge in [-0.05, 0) is 25.0 Å². The van der Waals surface area contributed by atoms with Crippen molar-refractivity contribution in [2.75, 3.05) is 18.6 Å². The number of hydrogen-bond donors (Lipinski definition) is 2. The lowest BCUT2D eigenvalue weighted by atomic mass is 9.96. The van der Waals surface area contributed by atoms with Crippen LogP contribution < -0.4 is 10.0 Å². The Bertz CT molecular complexity index is 586. The van der Waals surface area contributed by atoms with Gasteiger partial charge in [-0.1, -0.05) is 38.0 Å². The standard InChI is InChI=1S/C17H26N2O2S3/c1-5-13(3)15(17(16(20)18-4)22-10-11-23-17)19-24(21)14-8-6-12(2)7-9-14/h6-9,13,15,19H,5,10-11H2,1-4H3,(H,18,20)/t13?,15-,24?/m0/s1. The Labute approximate surface area is 155 Å². The molecule has 2 N–H and O–H groups in total. The third-order valence-electron chi connectivity index (χ3n) is 4.35. The molecule has 1 saturated heterocycles. The van der Waals surface area contributed by atoms with E-state index in [1.54, 1.807) is 30.6 Å². The molecule has 1 aromatic rings. The molecule has 3 atom stereocenters. The molecule has 0 bridgehead atoms. The first-order valence-electron chi connectivity index (χ1n) is 8.19. The molecule has 4 nitrogen and oxygen atoms in total. The lowest BCUT2D eigenvalue weighted by Gasteiger charge is -2.37. The summed E-state index contributed by atoms with van der Waals surface area (Å²) in [6.45, 7) is 6.23. The molecule has 0 saturated carbocycles. The third kappa shape index (κ3) is 4.18.